The number of nitro groups is 1. The Morgan fingerprint density at radius 3 is 2.54 bits per heavy atom. The monoisotopic (exact) mass is 376 g/mol. The van der Waals surface area contributed by atoms with Crippen LogP contribution in [0.1, 0.15) is 18.4 Å². The standard InChI is InChI=1S/C18H17ClN2O5/c19-15-7-6-14(12-16(15)21(24)25)20-17(22)8-9-18(23)26-11-10-13-4-2-1-3-5-13/h1-7,12H,8-11H2,(H,20,22). The Bertz CT molecular complexity index is 795. The summed E-state index contributed by atoms with van der Waals surface area (Å²) in [7, 11) is 0. The first-order chi connectivity index (χ1) is 12.5. The fraction of sp³-hybridized carbons (Fsp3) is 0.222. The van der Waals surface area contributed by atoms with E-state index in [-0.39, 0.29) is 35.8 Å². The zero-order chi connectivity index (χ0) is 18.9. The average molecular weight is 377 g/mol. The second-order valence-electron chi connectivity index (χ2n) is 5.43. The normalized spacial score (nSPS) is 10.2. The summed E-state index contributed by atoms with van der Waals surface area (Å²) in [6, 6.07) is 13.5. The van der Waals surface area contributed by atoms with E-state index in [0.29, 0.717) is 6.42 Å². The van der Waals surface area contributed by atoms with Crippen molar-refractivity contribution in [3.8, 4) is 0 Å². The molecule has 2 rings (SSSR count). The van der Waals surface area contributed by atoms with E-state index >= 15 is 0 Å². The van der Waals surface area contributed by atoms with Crippen LogP contribution in [0, 0.1) is 10.1 Å². The Kier molecular flexibility index (Phi) is 7.11. The molecule has 0 aliphatic heterocycles. The first-order valence-electron chi connectivity index (χ1n) is 7.89. The predicted molar refractivity (Wildman–Crippen MR) is 97.1 cm³/mol. The third-order valence-corrected chi connectivity index (χ3v) is 3.80. The van der Waals surface area contributed by atoms with Crippen LogP contribution in [0.2, 0.25) is 5.02 Å². The molecule has 7 nitrogen and oxygen atoms in total. The lowest BCUT2D eigenvalue weighted by Gasteiger charge is -2.07. The molecule has 0 spiro atoms. The number of rotatable bonds is 8. The Morgan fingerprint density at radius 1 is 1.12 bits per heavy atom. The molecule has 0 aromatic heterocycles. The first kappa shape index (κ1) is 19.4. The van der Waals surface area contributed by atoms with E-state index in [0.717, 1.165) is 5.56 Å². The van der Waals surface area contributed by atoms with E-state index in [2.05, 4.69) is 5.32 Å². The Balaban J connectivity index is 1.73. The van der Waals surface area contributed by atoms with Crippen molar-refractivity contribution in [1.29, 1.82) is 0 Å². The summed E-state index contributed by atoms with van der Waals surface area (Å²) in [6.07, 6.45) is 0.449. The van der Waals surface area contributed by atoms with Crippen molar-refractivity contribution >= 4 is 34.9 Å². The highest BCUT2D eigenvalue weighted by Gasteiger charge is 2.14. The van der Waals surface area contributed by atoms with Crippen LogP contribution in [-0.4, -0.2) is 23.4 Å². The van der Waals surface area contributed by atoms with E-state index in [1.807, 2.05) is 30.3 Å². The van der Waals surface area contributed by atoms with Gasteiger partial charge in [-0.05, 0) is 17.7 Å². The number of anilines is 1. The van der Waals surface area contributed by atoms with Crippen LogP contribution in [0.5, 0.6) is 0 Å². The van der Waals surface area contributed by atoms with Crippen LogP contribution >= 0.6 is 11.6 Å². The largest absolute Gasteiger partial charge is 0.465 e. The molecule has 0 aliphatic carbocycles. The number of carbonyl (C=O) groups is 2. The molecule has 0 unspecified atom stereocenters. The van der Waals surface area contributed by atoms with E-state index in [9.17, 15) is 19.7 Å². The lowest BCUT2D eigenvalue weighted by atomic mass is 10.2. The molecule has 136 valence electrons. The topological polar surface area (TPSA) is 98.5 Å². The van der Waals surface area contributed by atoms with E-state index in [1.54, 1.807) is 0 Å². The lowest BCUT2D eigenvalue weighted by Crippen LogP contribution is -2.15. The van der Waals surface area contributed by atoms with Crippen LogP contribution in [0.25, 0.3) is 0 Å². The maximum Gasteiger partial charge on any atom is 0.306 e. The SMILES string of the molecule is O=C(CCC(=O)OCCc1ccccc1)Nc1ccc(Cl)c([N+](=O)[O-])c1. The number of hydrogen-bond acceptors (Lipinski definition) is 5. The molecule has 0 radical (unpaired) electrons. The molecule has 0 aliphatic rings. The van der Waals surface area contributed by atoms with Gasteiger partial charge in [-0.25, -0.2) is 0 Å². The van der Waals surface area contributed by atoms with Crippen molar-refractivity contribution in [3.05, 3.63) is 69.2 Å². The van der Waals surface area contributed by atoms with Crippen LogP contribution in [0.3, 0.4) is 0 Å². The second kappa shape index (κ2) is 9.53. The number of carbonyl (C=O) groups excluding carboxylic acids is 2. The van der Waals surface area contributed by atoms with Gasteiger partial charge in [-0.3, -0.25) is 19.7 Å². The van der Waals surface area contributed by atoms with Gasteiger partial charge in [-0.1, -0.05) is 41.9 Å². The fourth-order valence-electron chi connectivity index (χ4n) is 2.17. The highest BCUT2D eigenvalue weighted by molar-refractivity contribution is 6.32. The first-order valence-corrected chi connectivity index (χ1v) is 8.27. The predicted octanol–water partition coefficient (Wildman–Crippen LogP) is 3.75. The molecule has 0 saturated carbocycles. The maximum atomic E-state index is 11.9. The molecule has 0 saturated heterocycles. The number of amides is 1. The summed E-state index contributed by atoms with van der Waals surface area (Å²) >= 11 is 5.71. The van der Waals surface area contributed by atoms with Crippen molar-refractivity contribution in [1.82, 2.24) is 0 Å². The molecule has 1 N–H and O–H groups in total. The van der Waals surface area contributed by atoms with Gasteiger partial charge in [-0.2, -0.15) is 0 Å². The minimum absolute atomic E-state index is 0.0185. The van der Waals surface area contributed by atoms with Crippen molar-refractivity contribution in [2.75, 3.05) is 11.9 Å². The molecule has 26 heavy (non-hydrogen) atoms. The van der Waals surface area contributed by atoms with E-state index in [4.69, 9.17) is 16.3 Å². The molecule has 0 atom stereocenters. The van der Waals surface area contributed by atoms with Gasteiger partial charge in [0.25, 0.3) is 5.69 Å². The number of hydrogen-bond donors (Lipinski definition) is 1. The van der Waals surface area contributed by atoms with E-state index < -0.39 is 16.8 Å². The summed E-state index contributed by atoms with van der Waals surface area (Å²) in [6.45, 7) is 0.244. The number of benzene rings is 2. The smallest absolute Gasteiger partial charge is 0.306 e. The number of ether oxygens (including phenoxy) is 1. The van der Waals surface area contributed by atoms with Gasteiger partial charge >= 0.3 is 5.97 Å². The van der Waals surface area contributed by atoms with Gasteiger partial charge in [0.2, 0.25) is 5.91 Å². The highest BCUT2D eigenvalue weighted by atomic mass is 35.5. The number of nitrogens with zero attached hydrogens (tertiary/aromatic N) is 1. The van der Waals surface area contributed by atoms with Crippen LogP contribution in [0.15, 0.2) is 48.5 Å². The summed E-state index contributed by atoms with van der Waals surface area (Å²) in [5.41, 5.74) is 0.996. The van der Waals surface area contributed by atoms with Crippen LogP contribution < -0.4 is 5.32 Å². The molecular weight excluding hydrogens is 360 g/mol. The second-order valence-corrected chi connectivity index (χ2v) is 5.83. The van der Waals surface area contributed by atoms with Crippen molar-refractivity contribution < 1.29 is 19.2 Å². The third-order valence-electron chi connectivity index (χ3n) is 3.48. The average Bonchev–Trinajstić information content (AvgIpc) is 2.62. The molecule has 1 amide bonds. The zero-order valence-corrected chi connectivity index (χ0v) is 14.6. The molecule has 2 aromatic rings. The molecule has 2 aromatic carbocycles. The van der Waals surface area contributed by atoms with Crippen molar-refractivity contribution in [3.63, 3.8) is 0 Å². The van der Waals surface area contributed by atoms with Gasteiger partial charge in [0.15, 0.2) is 0 Å². The van der Waals surface area contributed by atoms with Crippen molar-refractivity contribution in [2.24, 2.45) is 0 Å². The Morgan fingerprint density at radius 2 is 1.85 bits per heavy atom. The van der Waals surface area contributed by atoms with Crippen molar-refractivity contribution in [2.45, 2.75) is 19.3 Å². The van der Waals surface area contributed by atoms with Gasteiger partial charge in [0, 0.05) is 24.6 Å². The third kappa shape index (κ3) is 6.18. The minimum Gasteiger partial charge on any atom is -0.465 e. The zero-order valence-electron chi connectivity index (χ0n) is 13.8. The summed E-state index contributed by atoms with van der Waals surface area (Å²) in [5, 5.41) is 13.3. The minimum atomic E-state index is -0.637. The lowest BCUT2D eigenvalue weighted by molar-refractivity contribution is -0.384. The Labute approximate surface area is 155 Å². The van der Waals surface area contributed by atoms with Gasteiger partial charge in [-0.15, -0.1) is 0 Å². The number of nitro benzene ring substituents is 1. The Hall–Kier alpha value is -2.93. The summed E-state index contributed by atoms with van der Waals surface area (Å²) in [5.74, 6) is -0.917. The summed E-state index contributed by atoms with van der Waals surface area (Å²) in [4.78, 5) is 33.7. The number of halogens is 1. The molecule has 8 heteroatoms. The van der Waals surface area contributed by atoms with Gasteiger partial charge < -0.3 is 10.1 Å². The fourth-order valence-corrected chi connectivity index (χ4v) is 2.36. The molecule has 0 fully saturated rings. The van der Waals surface area contributed by atoms with Gasteiger partial charge in [0.1, 0.15) is 5.02 Å². The highest BCUT2D eigenvalue weighted by Crippen LogP contribution is 2.27. The quantitative estimate of drug-likeness (QED) is 0.429. The number of esters is 1. The van der Waals surface area contributed by atoms with Gasteiger partial charge in [0.05, 0.1) is 18.0 Å². The molecule has 0 heterocycles. The number of nitrogens with one attached hydrogen (secondary N) is 1. The maximum absolute atomic E-state index is 11.9. The van der Waals surface area contributed by atoms with Crippen LogP contribution in [-0.2, 0) is 20.7 Å². The van der Waals surface area contributed by atoms with E-state index in [1.165, 1.54) is 18.2 Å². The van der Waals surface area contributed by atoms with Crippen LogP contribution in [0.4, 0.5) is 11.4 Å². The summed E-state index contributed by atoms with van der Waals surface area (Å²) < 4.78 is 5.09. The molecular formula is C18H17ClN2O5. The molecule has 0 bridgehead atoms.